The number of nitrogens with one attached hydrogen (secondary N) is 2. The minimum absolute atomic E-state index is 0.0513. The second kappa shape index (κ2) is 8.04. The summed E-state index contributed by atoms with van der Waals surface area (Å²) in [4.78, 5) is 16.2. The van der Waals surface area contributed by atoms with Crippen molar-refractivity contribution in [3.8, 4) is 0 Å². The second-order valence-corrected chi connectivity index (χ2v) is 4.81. The molecule has 2 aromatic rings. The van der Waals surface area contributed by atoms with Gasteiger partial charge in [0.25, 0.3) is 5.91 Å². The fraction of sp³-hybridized carbons (Fsp3) is 0.294. The predicted octanol–water partition coefficient (Wildman–Crippen LogP) is 2.88. The number of carbonyl (C=O) groups excluding carboxylic acids is 1. The molecule has 4 nitrogen and oxygen atoms in total. The van der Waals surface area contributed by atoms with Gasteiger partial charge in [-0.3, -0.25) is 4.79 Å². The lowest BCUT2D eigenvalue weighted by Gasteiger charge is -2.07. The van der Waals surface area contributed by atoms with E-state index >= 15 is 0 Å². The number of amides is 1. The summed E-state index contributed by atoms with van der Waals surface area (Å²) in [5.74, 6) is 0.680. The number of aromatic nitrogens is 1. The number of aryl methyl sites for hydroxylation is 1. The van der Waals surface area contributed by atoms with E-state index in [1.807, 2.05) is 25.1 Å². The van der Waals surface area contributed by atoms with E-state index < -0.39 is 0 Å². The monoisotopic (exact) mass is 283 g/mol. The molecule has 1 aromatic heterocycles. The van der Waals surface area contributed by atoms with E-state index in [4.69, 9.17) is 0 Å². The van der Waals surface area contributed by atoms with Crippen molar-refractivity contribution in [3.63, 3.8) is 0 Å². The van der Waals surface area contributed by atoms with Crippen LogP contribution in [0.1, 0.15) is 29.3 Å². The number of benzene rings is 1. The highest BCUT2D eigenvalue weighted by Gasteiger charge is 2.05. The molecule has 0 fully saturated rings. The highest BCUT2D eigenvalue weighted by Crippen LogP contribution is 2.06. The van der Waals surface area contributed by atoms with Gasteiger partial charge in [0.05, 0.1) is 0 Å². The standard InChI is InChI=1S/C17H21N3O/c1-2-18-16-13-15(10-12-19-16)17(21)20-11-6-9-14-7-4-3-5-8-14/h3-5,7-8,10,12-13H,2,6,9,11H2,1H3,(H,18,19)(H,20,21). The normalized spacial score (nSPS) is 10.1. The minimum Gasteiger partial charge on any atom is -0.370 e. The lowest BCUT2D eigenvalue weighted by atomic mass is 10.1. The molecule has 0 aliphatic rings. The van der Waals surface area contributed by atoms with Crippen LogP contribution in [0.5, 0.6) is 0 Å². The predicted molar refractivity (Wildman–Crippen MR) is 85.5 cm³/mol. The first-order valence-electron chi connectivity index (χ1n) is 7.31. The van der Waals surface area contributed by atoms with Crippen molar-refractivity contribution in [1.29, 1.82) is 0 Å². The van der Waals surface area contributed by atoms with Gasteiger partial charge >= 0.3 is 0 Å². The van der Waals surface area contributed by atoms with Gasteiger partial charge in [0.1, 0.15) is 5.82 Å². The van der Waals surface area contributed by atoms with E-state index in [9.17, 15) is 4.79 Å². The zero-order chi connectivity index (χ0) is 14.9. The fourth-order valence-electron chi connectivity index (χ4n) is 2.09. The van der Waals surface area contributed by atoms with Gasteiger partial charge in [0, 0.05) is 24.8 Å². The van der Waals surface area contributed by atoms with Crippen molar-refractivity contribution in [1.82, 2.24) is 10.3 Å². The van der Waals surface area contributed by atoms with Crippen LogP contribution in [0.2, 0.25) is 0 Å². The number of hydrogen-bond acceptors (Lipinski definition) is 3. The molecule has 1 heterocycles. The first-order chi connectivity index (χ1) is 10.3. The van der Waals surface area contributed by atoms with Crippen LogP contribution in [-0.2, 0) is 6.42 Å². The number of pyridine rings is 1. The molecule has 0 aliphatic carbocycles. The third kappa shape index (κ3) is 4.91. The molecule has 2 rings (SSSR count). The summed E-state index contributed by atoms with van der Waals surface area (Å²) in [6, 6.07) is 13.8. The Morgan fingerprint density at radius 2 is 2.00 bits per heavy atom. The Morgan fingerprint density at radius 1 is 1.19 bits per heavy atom. The zero-order valence-electron chi connectivity index (χ0n) is 12.3. The lowest BCUT2D eigenvalue weighted by molar-refractivity contribution is 0.0953. The second-order valence-electron chi connectivity index (χ2n) is 4.81. The molecule has 0 unspecified atom stereocenters. The van der Waals surface area contributed by atoms with Crippen molar-refractivity contribution in [3.05, 3.63) is 59.8 Å². The Hall–Kier alpha value is -2.36. The first kappa shape index (κ1) is 15.0. The quantitative estimate of drug-likeness (QED) is 0.768. The highest BCUT2D eigenvalue weighted by atomic mass is 16.1. The summed E-state index contributed by atoms with van der Waals surface area (Å²) >= 11 is 0. The van der Waals surface area contributed by atoms with Gasteiger partial charge in [0.15, 0.2) is 0 Å². The van der Waals surface area contributed by atoms with Crippen LogP contribution in [0.4, 0.5) is 5.82 Å². The minimum atomic E-state index is -0.0513. The Morgan fingerprint density at radius 3 is 2.76 bits per heavy atom. The molecule has 1 amide bonds. The maximum Gasteiger partial charge on any atom is 0.251 e. The summed E-state index contributed by atoms with van der Waals surface area (Å²) < 4.78 is 0. The van der Waals surface area contributed by atoms with Crippen molar-refractivity contribution in [2.75, 3.05) is 18.4 Å². The molecular formula is C17H21N3O. The van der Waals surface area contributed by atoms with Gasteiger partial charge < -0.3 is 10.6 Å². The third-order valence-electron chi connectivity index (χ3n) is 3.15. The number of rotatable bonds is 7. The van der Waals surface area contributed by atoms with E-state index in [0.717, 1.165) is 25.2 Å². The fourth-order valence-corrected chi connectivity index (χ4v) is 2.09. The third-order valence-corrected chi connectivity index (χ3v) is 3.15. The van der Waals surface area contributed by atoms with Crippen LogP contribution in [0, 0.1) is 0 Å². The molecule has 0 atom stereocenters. The largest absolute Gasteiger partial charge is 0.370 e. The highest BCUT2D eigenvalue weighted by molar-refractivity contribution is 5.94. The zero-order valence-corrected chi connectivity index (χ0v) is 12.3. The van der Waals surface area contributed by atoms with Gasteiger partial charge in [-0.05, 0) is 37.5 Å². The SMILES string of the molecule is CCNc1cc(C(=O)NCCCc2ccccc2)ccn1. The molecule has 0 spiro atoms. The van der Waals surface area contributed by atoms with E-state index in [-0.39, 0.29) is 5.91 Å². The Labute approximate surface area is 125 Å². The van der Waals surface area contributed by atoms with Gasteiger partial charge in [-0.2, -0.15) is 0 Å². The van der Waals surface area contributed by atoms with Crippen LogP contribution >= 0.6 is 0 Å². The summed E-state index contributed by atoms with van der Waals surface area (Å²) in [5, 5.41) is 6.04. The molecule has 0 bridgehead atoms. The Kier molecular flexibility index (Phi) is 5.76. The van der Waals surface area contributed by atoms with Crippen LogP contribution in [-0.4, -0.2) is 24.0 Å². The van der Waals surface area contributed by atoms with E-state index in [1.54, 1.807) is 18.3 Å². The summed E-state index contributed by atoms with van der Waals surface area (Å²) in [6.45, 7) is 3.46. The lowest BCUT2D eigenvalue weighted by Crippen LogP contribution is -2.25. The van der Waals surface area contributed by atoms with Gasteiger partial charge in [0.2, 0.25) is 0 Å². The van der Waals surface area contributed by atoms with Crippen molar-refractivity contribution in [2.45, 2.75) is 19.8 Å². The molecular weight excluding hydrogens is 262 g/mol. The maximum atomic E-state index is 12.0. The van der Waals surface area contributed by atoms with Crippen molar-refractivity contribution in [2.24, 2.45) is 0 Å². The molecule has 2 N–H and O–H groups in total. The molecule has 0 saturated carbocycles. The van der Waals surface area contributed by atoms with Crippen LogP contribution in [0.15, 0.2) is 48.7 Å². The topological polar surface area (TPSA) is 54.0 Å². The first-order valence-corrected chi connectivity index (χ1v) is 7.31. The number of anilines is 1. The average Bonchev–Trinajstić information content (AvgIpc) is 2.53. The molecule has 110 valence electrons. The number of carbonyl (C=O) groups is 1. The number of nitrogens with zero attached hydrogens (tertiary/aromatic N) is 1. The molecule has 1 aromatic carbocycles. The number of hydrogen-bond donors (Lipinski definition) is 2. The Balaban J connectivity index is 1.78. The maximum absolute atomic E-state index is 12.0. The van der Waals surface area contributed by atoms with Crippen molar-refractivity contribution >= 4 is 11.7 Å². The molecule has 21 heavy (non-hydrogen) atoms. The molecule has 0 aliphatic heterocycles. The summed E-state index contributed by atoms with van der Waals surface area (Å²) in [5.41, 5.74) is 1.94. The smallest absolute Gasteiger partial charge is 0.251 e. The molecule has 4 heteroatoms. The van der Waals surface area contributed by atoms with Crippen LogP contribution in [0.3, 0.4) is 0 Å². The summed E-state index contributed by atoms with van der Waals surface area (Å²) in [6.07, 6.45) is 3.55. The molecule has 0 radical (unpaired) electrons. The molecule has 0 saturated heterocycles. The average molecular weight is 283 g/mol. The Bertz CT molecular complexity index is 569. The van der Waals surface area contributed by atoms with Gasteiger partial charge in [-0.1, -0.05) is 30.3 Å². The van der Waals surface area contributed by atoms with Gasteiger partial charge in [-0.15, -0.1) is 0 Å². The van der Waals surface area contributed by atoms with E-state index in [0.29, 0.717) is 12.1 Å². The van der Waals surface area contributed by atoms with Crippen LogP contribution in [0.25, 0.3) is 0 Å². The van der Waals surface area contributed by atoms with Crippen molar-refractivity contribution < 1.29 is 4.79 Å². The van der Waals surface area contributed by atoms with E-state index in [1.165, 1.54) is 5.56 Å². The van der Waals surface area contributed by atoms with Gasteiger partial charge in [-0.25, -0.2) is 4.98 Å². The van der Waals surface area contributed by atoms with Crippen LogP contribution < -0.4 is 10.6 Å². The summed E-state index contributed by atoms with van der Waals surface area (Å²) in [7, 11) is 0. The van der Waals surface area contributed by atoms with E-state index in [2.05, 4.69) is 27.8 Å².